The zero-order valence-electron chi connectivity index (χ0n) is 10.2. The predicted molar refractivity (Wildman–Crippen MR) is 67.7 cm³/mol. The lowest BCUT2D eigenvalue weighted by Gasteiger charge is -2.24. The maximum atomic E-state index is 12.3. The Bertz CT molecular complexity index is 650. The molecule has 1 aliphatic rings. The third-order valence-corrected chi connectivity index (χ3v) is 5.15. The van der Waals surface area contributed by atoms with Crippen LogP contribution in [0.3, 0.4) is 0 Å². The van der Waals surface area contributed by atoms with Gasteiger partial charge in [0.15, 0.2) is 9.84 Å². The fourth-order valence-electron chi connectivity index (χ4n) is 2.04. The standard InChI is InChI=1S/C12H13NO5S/c1-7-2-3-9-8(6-7)13-12(16)10(19(9,17)18)4-5-11(14)15/h2-3,6,10H,4-5H2,1H3,(H,13,16)(H,14,15). The Balaban J connectivity index is 2.43. The molecule has 19 heavy (non-hydrogen) atoms. The lowest BCUT2D eigenvalue weighted by Crippen LogP contribution is -2.40. The van der Waals surface area contributed by atoms with Crippen LogP contribution in [0.4, 0.5) is 5.69 Å². The Morgan fingerprint density at radius 1 is 1.42 bits per heavy atom. The molecule has 2 rings (SSSR count). The molecule has 0 spiro atoms. The highest BCUT2D eigenvalue weighted by Gasteiger charge is 2.40. The van der Waals surface area contributed by atoms with Crippen LogP contribution in [-0.2, 0) is 19.4 Å². The van der Waals surface area contributed by atoms with Crippen LogP contribution in [0.25, 0.3) is 0 Å². The summed E-state index contributed by atoms with van der Waals surface area (Å²) in [7, 11) is -3.82. The van der Waals surface area contributed by atoms with E-state index >= 15 is 0 Å². The average molecular weight is 283 g/mol. The van der Waals surface area contributed by atoms with E-state index in [1.807, 2.05) is 0 Å². The molecule has 7 heteroatoms. The largest absolute Gasteiger partial charge is 0.481 e. The first kappa shape index (κ1) is 13.5. The van der Waals surface area contributed by atoms with Gasteiger partial charge in [-0.2, -0.15) is 0 Å². The molecule has 1 aromatic rings. The van der Waals surface area contributed by atoms with Crippen molar-refractivity contribution in [3.63, 3.8) is 0 Å². The molecular formula is C12H13NO5S. The van der Waals surface area contributed by atoms with E-state index in [0.29, 0.717) is 0 Å². The first-order chi connectivity index (χ1) is 8.82. The molecule has 6 nitrogen and oxygen atoms in total. The summed E-state index contributed by atoms with van der Waals surface area (Å²) in [5.41, 5.74) is 1.09. The maximum Gasteiger partial charge on any atom is 0.303 e. The highest BCUT2D eigenvalue weighted by molar-refractivity contribution is 7.93. The molecule has 0 bridgehead atoms. The molecule has 0 saturated heterocycles. The van der Waals surface area contributed by atoms with Gasteiger partial charge in [-0.15, -0.1) is 0 Å². The van der Waals surface area contributed by atoms with Gasteiger partial charge in [-0.1, -0.05) is 6.07 Å². The molecule has 0 fully saturated rings. The Morgan fingerprint density at radius 3 is 2.74 bits per heavy atom. The van der Waals surface area contributed by atoms with E-state index in [-0.39, 0.29) is 23.4 Å². The zero-order valence-corrected chi connectivity index (χ0v) is 11.0. The van der Waals surface area contributed by atoms with Gasteiger partial charge in [-0.3, -0.25) is 9.59 Å². The van der Waals surface area contributed by atoms with Crippen molar-refractivity contribution in [2.45, 2.75) is 29.9 Å². The molecule has 0 saturated carbocycles. The molecule has 102 valence electrons. The number of sulfone groups is 1. The van der Waals surface area contributed by atoms with Crippen molar-refractivity contribution in [2.24, 2.45) is 0 Å². The number of fused-ring (bicyclic) bond motifs is 1. The van der Waals surface area contributed by atoms with Gasteiger partial charge in [-0.25, -0.2) is 8.42 Å². The van der Waals surface area contributed by atoms with Crippen molar-refractivity contribution in [2.75, 3.05) is 5.32 Å². The predicted octanol–water partition coefficient (Wildman–Crippen LogP) is 0.954. The number of anilines is 1. The minimum absolute atomic E-state index is 0.0492. The van der Waals surface area contributed by atoms with Gasteiger partial charge in [0.25, 0.3) is 0 Å². The van der Waals surface area contributed by atoms with E-state index in [1.165, 1.54) is 6.07 Å². The number of benzene rings is 1. The molecule has 0 radical (unpaired) electrons. The topological polar surface area (TPSA) is 101 Å². The molecule has 2 N–H and O–H groups in total. The van der Waals surface area contributed by atoms with Crippen LogP contribution in [0.15, 0.2) is 23.1 Å². The third-order valence-electron chi connectivity index (χ3n) is 2.99. The fraction of sp³-hybridized carbons (Fsp3) is 0.333. The van der Waals surface area contributed by atoms with Crippen LogP contribution in [0.1, 0.15) is 18.4 Å². The summed E-state index contributed by atoms with van der Waals surface area (Å²) in [4.78, 5) is 22.4. The van der Waals surface area contributed by atoms with Crippen molar-refractivity contribution >= 4 is 27.4 Å². The summed E-state index contributed by atoms with van der Waals surface area (Å²) in [6.45, 7) is 1.79. The van der Waals surface area contributed by atoms with Crippen molar-refractivity contribution in [1.82, 2.24) is 0 Å². The summed E-state index contributed by atoms with van der Waals surface area (Å²) < 4.78 is 24.6. The Hall–Kier alpha value is -1.89. The summed E-state index contributed by atoms with van der Waals surface area (Å²) in [6, 6.07) is 4.66. The molecule has 1 heterocycles. The fourth-order valence-corrected chi connectivity index (χ4v) is 3.79. The SMILES string of the molecule is Cc1ccc2c(c1)NC(=O)C(CCC(=O)O)S2(=O)=O. The number of carbonyl (C=O) groups is 2. The lowest BCUT2D eigenvalue weighted by molar-refractivity contribution is -0.137. The van der Waals surface area contributed by atoms with E-state index in [1.54, 1.807) is 19.1 Å². The van der Waals surface area contributed by atoms with Crippen LogP contribution in [0.5, 0.6) is 0 Å². The van der Waals surface area contributed by atoms with Crippen molar-refractivity contribution in [1.29, 1.82) is 0 Å². The smallest absolute Gasteiger partial charge is 0.303 e. The van der Waals surface area contributed by atoms with Crippen LogP contribution >= 0.6 is 0 Å². The number of hydrogen-bond acceptors (Lipinski definition) is 4. The number of carbonyl (C=O) groups excluding carboxylic acids is 1. The number of rotatable bonds is 3. The molecule has 1 unspecified atom stereocenters. The number of carboxylic acids is 1. The van der Waals surface area contributed by atoms with E-state index in [2.05, 4.69) is 5.32 Å². The van der Waals surface area contributed by atoms with Gasteiger partial charge in [0, 0.05) is 6.42 Å². The van der Waals surface area contributed by atoms with Crippen LogP contribution < -0.4 is 5.32 Å². The maximum absolute atomic E-state index is 12.3. The minimum Gasteiger partial charge on any atom is -0.481 e. The van der Waals surface area contributed by atoms with E-state index in [9.17, 15) is 18.0 Å². The van der Waals surface area contributed by atoms with Crippen molar-refractivity contribution < 1.29 is 23.1 Å². The number of nitrogens with one attached hydrogen (secondary N) is 1. The second-order valence-corrected chi connectivity index (χ2v) is 6.55. The van der Waals surface area contributed by atoms with Gasteiger partial charge in [0.2, 0.25) is 5.91 Å². The van der Waals surface area contributed by atoms with Crippen LogP contribution in [0.2, 0.25) is 0 Å². The average Bonchev–Trinajstić information content (AvgIpc) is 2.26. The van der Waals surface area contributed by atoms with E-state index in [4.69, 9.17) is 5.11 Å². The highest BCUT2D eigenvalue weighted by Crippen LogP contribution is 2.32. The van der Waals surface area contributed by atoms with Crippen LogP contribution in [0, 0.1) is 6.92 Å². The third kappa shape index (κ3) is 2.46. The Labute approximate surface area is 110 Å². The van der Waals surface area contributed by atoms with Crippen molar-refractivity contribution in [3.8, 4) is 0 Å². The van der Waals surface area contributed by atoms with Gasteiger partial charge < -0.3 is 10.4 Å². The molecule has 1 aromatic carbocycles. The normalized spacial score (nSPS) is 20.5. The number of amides is 1. The quantitative estimate of drug-likeness (QED) is 0.860. The molecular weight excluding hydrogens is 270 g/mol. The molecule has 1 amide bonds. The number of hydrogen-bond donors (Lipinski definition) is 2. The van der Waals surface area contributed by atoms with E-state index in [0.717, 1.165) is 5.56 Å². The monoisotopic (exact) mass is 283 g/mol. The lowest BCUT2D eigenvalue weighted by atomic mass is 10.2. The van der Waals surface area contributed by atoms with Gasteiger partial charge in [-0.05, 0) is 31.0 Å². The molecule has 0 aromatic heterocycles. The van der Waals surface area contributed by atoms with E-state index < -0.39 is 27.0 Å². The summed E-state index contributed by atoms with van der Waals surface area (Å²) >= 11 is 0. The Kier molecular flexibility index (Phi) is 3.32. The molecule has 0 aliphatic carbocycles. The first-order valence-corrected chi connectivity index (χ1v) is 7.24. The minimum atomic E-state index is -3.82. The van der Waals surface area contributed by atoms with Gasteiger partial charge >= 0.3 is 5.97 Å². The Morgan fingerprint density at radius 2 is 2.11 bits per heavy atom. The first-order valence-electron chi connectivity index (χ1n) is 5.69. The number of aliphatic carboxylic acids is 1. The number of aryl methyl sites for hydroxylation is 1. The van der Waals surface area contributed by atoms with Crippen LogP contribution in [-0.4, -0.2) is 30.7 Å². The second kappa shape index (κ2) is 4.65. The highest BCUT2D eigenvalue weighted by atomic mass is 32.2. The summed E-state index contributed by atoms with van der Waals surface area (Å²) in [6.07, 6.45) is -0.588. The van der Waals surface area contributed by atoms with Crippen molar-refractivity contribution in [3.05, 3.63) is 23.8 Å². The molecule has 1 aliphatic heterocycles. The van der Waals surface area contributed by atoms with Gasteiger partial charge in [0.1, 0.15) is 5.25 Å². The second-order valence-electron chi connectivity index (χ2n) is 4.45. The summed E-state index contributed by atoms with van der Waals surface area (Å²) in [5, 5.41) is 9.79. The number of carboxylic acid groups (broad SMARTS) is 1. The molecule has 1 atom stereocenters. The summed E-state index contributed by atoms with van der Waals surface area (Å²) in [5.74, 6) is -1.79. The zero-order chi connectivity index (χ0) is 14.2. The van der Waals surface area contributed by atoms with Gasteiger partial charge in [0.05, 0.1) is 10.6 Å².